The van der Waals surface area contributed by atoms with Gasteiger partial charge >= 0.3 is 0 Å². The summed E-state index contributed by atoms with van der Waals surface area (Å²) in [4.78, 5) is 0. The summed E-state index contributed by atoms with van der Waals surface area (Å²) in [6.45, 7) is 1.29. The van der Waals surface area contributed by atoms with Gasteiger partial charge in [-0.1, -0.05) is 0 Å². The van der Waals surface area contributed by atoms with Gasteiger partial charge in [-0.05, 0) is 6.92 Å². The van der Waals surface area contributed by atoms with E-state index in [1.807, 2.05) is 0 Å². The fourth-order valence-corrected chi connectivity index (χ4v) is 0.825. The summed E-state index contributed by atoms with van der Waals surface area (Å²) in [6.07, 6.45) is 0.264. The molecule has 68 valence electrons. The zero-order chi connectivity index (χ0) is 9.35. The molecule has 0 bridgehead atoms. The van der Waals surface area contributed by atoms with Crippen LogP contribution in [0.3, 0.4) is 0 Å². The second-order valence-corrected chi connectivity index (χ2v) is 2.99. The Labute approximate surface area is 69.2 Å². The lowest BCUT2D eigenvalue weighted by Gasteiger charge is -2.21. The van der Waals surface area contributed by atoms with Crippen LogP contribution in [0.2, 0.25) is 0 Å². The molecule has 1 heterocycles. The summed E-state index contributed by atoms with van der Waals surface area (Å²) in [6, 6.07) is 0. The van der Waals surface area contributed by atoms with E-state index in [9.17, 15) is 8.78 Å². The van der Waals surface area contributed by atoms with Gasteiger partial charge < -0.3 is 5.73 Å². The molecule has 3 nitrogen and oxygen atoms in total. The molecule has 0 aromatic carbocycles. The average Bonchev–Trinajstić information content (AvgIpc) is 2.35. The maximum absolute atomic E-state index is 12.3. The molecule has 0 radical (unpaired) electrons. The largest absolute Gasteiger partial charge is 0.317 e. The highest BCUT2D eigenvalue weighted by Gasteiger charge is 2.33. The van der Waals surface area contributed by atoms with Gasteiger partial charge in [0.05, 0.1) is 6.20 Å². The minimum Gasteiger partial charge on any atom is -0.317 e. The lowest BCUT2D eigenvalue weighted by molar-refractivity contribution is 0.0625. The highest BCUT2D eigenvalue weighted by atomic mass is 19.3. The van der Waals surface area contributed by atoms with Gasteiger partial charge in [0, 0.05) is 18.8 Å². The molecule has 0 spiro atoms. The number of alkyl halides is 2. The molecule has 0 aliphatic rings. The number of aromatic nitrogens is 2. The lowest BCUT2D eigenvalue weighted by Crippen LogP contribution is -2.40. The van der Waals surface area contributed by atoms with Crippen LogP contribution in [0.25, 0.3) is 0 Å². The molecule has 12 heavy (non-hydrogen) atoms. The molecule has 1 atom stereocenters. The van der Waals surface area contributed by atoms with Gasteiger partial charge in [-0.25, -0.2) is 8.78 Å². The van der Waals surface area contributed by atoms with Crippen LogP contribution in [0.5, 0.6) is 0 Å². The molecule has 1 aromatic rings. The van der Waals surface area contributed by atoms with Crippen molar-refractivity contribution in [3.05, 3.63) is 18.0 Å². The maximum atomic E-state index is 12.3. The van der Waals surface area contributed by atoms with Crippen LogP contribution in [0, 0.1) is 0 Å². The van der Waals surface area contributed by atoms with Gasteiger partial charge in [-0.2, -0.15) is 5.10 Å². The average molecular weight is 175 g/mol. The van der Waals surface area contributed by atoms with Crippen molar-refractivity contribution in [2.24, 2.45) is 12.8 Å². The second-order valence-electron chi connectivity index (χ2n) is 2.99. The Balaban J connectivity index is 2.97. The second kappa shape index (κ2) is 2.82. The predicted octanol–water partition coefficient (Wildman–Crippen LogP) is 0.859. The number of rotatable bonds is 2. The first kappa shape index (κ1) is 9.12. The Morgan fingerprint density at radius 1 is 1.67 bits per heavy atom. The molecule has 0 aliphatic carbocycles. The fourth-order valence-electron chi connectivity index (χ4n) is 0.825. The van der Waals surface area contributed by atoms with E-state index in [1.54, 1.807) is 7.05 Å². The third-order valence-corrected chi connectivity index (χ3v) is 1.78. The molecule has 0 saturated heterocycles. The van der Waals surface area contributed by atoms with E-state index >= 15 is 0 Å². The Bertz CT molecular complexity index is 267. The van der Waals surface area contributed by atoms with Gasteiger partial charge in [0.1, 0.15) is 5.54 Å². The number of nitrogens with two attached hydrogens (primary N) is 1. The van der Waals surface area contributed by atoms with Crippen LogP contribution in [0.15, 0.2) is 12.4 Å². The first-order chi connectivity index (χ1) is 5.44. The molecule has 0 saturated carbocycles. The number of aryl methyl sites for hydroxylation is 1. The van der Waals surface area contributed by atoms with Crippen molar-refractivity contribution in [1.82, 2.24) is 9.78 Å². The Kier molecular flexibility index (Phi) is 2.14. The van der Waals surface area contributed by atoms with Crippen molar-refractivity contribution < 1.29 is 8.78 Å². The third-order valence-electron chi connectivity index (χ3n) is 1.78. The van der Waals surface area contributed by atoms with Gasteiger partial charge in [-0.3, -0.25) is 4.68 Å². The molecular weight excluding hydrogens is 164 g/mol. The van der Waals surface area contributed by atoms with Gasteiger partial charge in [0.25, 0.3) is 6.43 Å². The molecular formula is C7H11F2N3. The summed E-state index contributed by atoms with van der Waals surface area (Å²) < 4.78 is 26.1. The number of halogens is 2. The van der Waals surface area contributed by atoms with Crippen LogP contribution < -0.4 is 5.73 Å². The first-order valence-corrected chi connectivity index (χ1v) is 3.50. The smallest absolute Gasteiger partial charge is 0.260 e. The molecule has 2 N–H and O–H groups in total. The molecule has 1 unspecified atom stereocenters. The van der Waals surface area contributed by atoms with Crippen LogP contribution in [-0.2, 0) is 12.6 Å². The van der Waals surface area contributed by atoms with E-state index < -0.39 is 12.0 Å². The van der Waals surface area contributed by atoms with Gasteiger partial charge in [0.2, 0.25) is 0 Å². The molecule has 1 rings (SSSR count). The van der Waals surface area contributed by atoms with Crippen LogP contribution in [-0.4, -0.2) is 16.2 Å². The first-order valence-electron chi connectivity index (χ1n) is 3.50. The zero-order valence-electron chi connectivity index (χ0n) is 6.96. The van der Waals surface area contributed by atoms with E-state index in [0.29, 0.717) is 5.56 Å². The molecule has 0 fully saturated rings. The van der Waals surface area contributed by atoms with Crippen molar-refractivity contribution in [2.45, 2.75) is 18.9 Å². The molecule has 0 aliphatic heterocycles. The maximum Gasteiger partial charge on any atom is 0.260 e. The Morgan fingerprint density at radius 3 is 2.58 bits per heavy atom. The fraction of sp³-hybridized carbons (Fsp3) is 0.571. The summed E-state index contributed by atoms with van der Waals surface area (Å²) in [5.41, 5.74) is 4.14. The van der Waals surface area contributed by atoms with Crippen molar-refractivity contribution in [3.63, 3.8) is 0 Å². The lowest BCUT2D eigenvalue weighted by atomic mass is 9.97. The highest BCUT2D eigenvalue weighted by Crippen LogP contribution is 2.23. The van der Waals surface area contributed by atoms with Crippen molar-refractivity contribution in [1.29, 1.82) is 0 Å². The van der Waals surface area contributed by atoms with Crippen LogP contribution >= 0.6 is 0 Å². The van der Waals surface area contributed by atoms with Crippen molar-refractivity contribution in [3.8, 4) is 0 Å². The predicted molar refractivity (Wildman–Crippen MR) is 40.8 cm³/mol. The zero-order valence-corrected chi connectivity index (χ0v) is 6.96. The van der Waals surface area contributed by atoms with Crippen molar-refractivity contribution in [2.75, 3.05) is 0 Å². The Hall–Kier alpha value is -0.970. The molecule has 0 amide bonds. The van der Waals surface area contributed by atoms with E-state index in [2.05, 4.69) is 5.10 Å². The Morgan fingerprint density at radius 2 is 2.25 bits per heavy atom. The monoisotopic (exact) mass is 175 g/mol. The number of hydrogen-bond acceptors (Lipinski definition) is 2. The summed E-state index contributed by atoms with van der Waals surface area (Å²) >= 11 is 0. The molecule has 1 aromatic heterocycles. The summed E-state index contributed by atoms with van der Waals surface area (Å²) in [7, 11) is 1.66. The standard InChI is InChI=1S/C7H11F2N3/c1-7(10,6(8)9)5-3-11-12(2)4-5/h3-4,6H,10H2,1-2H3. The third kappa shape index (κ3) is 1.45. The number of hydrogen-bond donors (Lipinski definition) is 1. The molecule has 5 heteroatoms. The summed E-state index contributed by atoms with van der Waals surface area (Å²) in [5, 5.41) is 3.77. The topological polar surface area (TPSA) is 43.8 Å². The van der Waals surface area contributed by atoms with E-state index in [0.717, 1.165) is 0 Å². The van der Waals surface area contributed by atoms with Crippen molar-refractivity contribution >= 4 is 0 Å². The number of nitrogens with zero attached hydrogens (tertiary/aromatic N) is 2. The normalized spacial score (nSPS) is 16.5. The summed E-state index contributed by atoms with van der Waals surface area (Å²) in [5.74, 6) is 0. The van der Waals surface area contributed by atoms with Crippen LogP contribution in [0.4, 0.5) is 8.78 Å². The SMILES string of the molecule is Cn1cc(C(C)(N)C(F)F)cn1. The minimum absolute atomic E-state index is 0.347. The van der Waals surface area contributed by atoms with Crippen LogP contribution in [0.1, 0.15) is 12.5 Å². The highest BCUT2D eigenvalue weighted by molar-refractivity contribution is 5.16. The van der Waals surface area contributed by atoms with E-state index in [1.165, 1.54) is 24.0 Å². The minimum atomic E-state index is -2.58. The van der Waals surface area contributed by atoms with Gasteiger partial charge in [0.15, 0.2) is 0 Å². The van der Waals surface area contributed by atoms with Gasteiger partial charge in [-0.15, -0.1) is 0 Å². The quantitative estimate of drug-likeness (QED) is 0.724. The van der Waals surface area contributed by atoms with E-state index in [4.69, 9.17) is 5.73 Å². The van der Waals surface area contributed by atoms with E-state index in [-0.39, 0.29) is 0 Å².